The average molecular weight is 342 g/mol. The van der Waals surface area contributed by atoms with Crippen LogP contribution < -0.4 is 5.56 Å². The van der Waals surface area contributed by atoms with Gasteiger partial charge in [0.25, 0.3) is 5.56 Å². The highest BCUT2D eigenvalue weighted by molar-refractivity contribution is 5.20. The Morgan fingerprint density at radius 1 is 1.24 bits per heavy atom. The maximum absolute atomic E-state index is 12.4. The fourth-order valence-electron chi connectivity index (χ4n) is 4.02. The average Bonchev–Trinajstić information content (AvgIpc) is 3.02. The molecule has 0 saturated carbocycles. The summed E-state index contributed by atoms with van der Waals surface area (Å²) in [5.74, 6) is 1.44. The first-order valence-electron chi connectivity index (χ1n) is 9.41. The summed E-state index contributed by atoms with van der Waals surface area (Å²) in [6, 6.07) is 1.82. The molecule has 2 aromatic heterocycles. The van der Waals surface area contributed by atoms with E-state index in [2.05, 4.69) is 15.2 Å². The maximum Gasteiger partial charge on any atom is 0.267 e. The zero-order valence-corrected chi connectivity index (χ0v) is 14.9. The molecule has 1 aliphatic heterocycles. The molecule has 0 spiro atoms. The van der Waals surface area contributed by atoms with Gasteiger partial charge in [-0.1, -0.05) is 5.16 Å². The molecule has 0 unspecified atom stereocenters. The molecule has 0 amide bonds. The second-order valence-electron chi connectivity index (χ2n) is 7.47. The first-order chi connectivity index (χ1) is 12.2. The zero-order chi connectivity index (χ0) is 17.2. The summed E-state index contributed by atoms with van der Waals surface area (Å²) in [6.45, 7) is 5.72. The van der Waals surface area contributed by atoms with E-state index in [0.717, 1.165) is 63.3 Å². The lowest BCUT2D eigenvalue weighted by Gasteiger charge is -2.31. The smallest absolute Gasteiger partial charge is 0.267 e. The van der Waals surface area contributed by atoms with Crippen LogP contribution in [0.1, 0.15) is 48.3 Å². The number of fused-ring (bicyclic) bond motifs is 1. The Morgan fingerprint density at radius 2 is 2.04 bits per heavy atom. The SMILES string of the molecule is Cc1oncc1CN1CCC(Cn2nc3c(cc2=O)CCCC3)CC1. The normalized spacial score (nSPS) is 19.1. The summed E-state index contributed by atoms with van der Waals surface area (Å²) < 4.78 is 6.86. The lowest BCUT2D eigenvalue weighted by Crippen LogP contribution is -2.37. The monoisotopic (exact) mass is 342 g/mol. The van der Waals surface area contributed by atoms with Gasteiger partial charge in [-0.25, -0.2) is 4.68 Å². The molecule has 6 nitrogen and oxygen atoms in total. The molecule has 0 N–H and O–H groups in total. The van der Waals surface area contributed by atoms with Crippen molar-refractivity contribution in [2.45, 2.75) is 58.5 Å². The number of hydrogen-bond donors (Lipinski definition) is 0. The van der Waals surface area contributed by atoms with Gasteiger partial charge in [0.1, 0.15) is 5.76 Å². The molecule has 3 heterocycles. The van der Waals surface area contributed by atoms with Crippen LogP contribution in [0.15, 0.2) is 21.6 Å². The van der Waals surface area contributed by atoms with Gasteiger partial charge < -0.3 is 4.52 Å². The molecule has 0 bridgehead atoms. The molecule has 2 aromatic rings. The first kappa shape index (κ1) is 16.5. The highest BCUT2D eigenvalue weighted by Crippen LogP contribution is 2.22. The number of piperidine rings is 1. The van der Waals surface area contributed by atoms with Crippen LogP contribution in [0.25, 0.3) is 0 Å². The number of aromatic nitrogens is 3. The van der Waals surface area contributed by atoms with Crippen molar-refractivity contribution in [3.63, 3.8) is 0 Å². The van der Waals surface area contributed by atoms with Crippen molar-refractivity contribution < 1.29 is 4.52 Å². The minimum atomic E-state index is 0.0724. The first-order valence-corrected chi connectivity index (χ1v) is 9.41. The fraction of sp³-hybridized carbons (Fsp3) is 0.632. The molecule has 25 heavy (non-hydrogen) atoms. The van der Waals surface area contributed by atoms with Gasteiger partial charge in [0.15, 0.2) is 0 Å². The molecule has 0 radical (unpaired) electrons. The summed E-state index contributed by atoms with van der Waals surface area (Å²) in [6.07, 6.45) is 8.44. The van der Waals surface area contributed by atoms with Crippen molar-refractivity contribution >= 4 is 0 Å². The molecular weight excluding hydrogens is 316 g/mol. The van der Waals surface area contributed by atoms with Crippen molar-refractivity contribution in [2.75, 3.05) is 13.1 Å². The second-order valence-corrected chi connectivity index (χ2v) is 7.47. The van der Waals surface area contributed by atoms with Crippen LogP contribution in [0.5, 0.6) is 0 Å². The summed E-state index contributed by atoms with van der Waals surface area (Å²) >= 11 is 0. The van der Waals surface area contributed by atoms with Crippen molar-refractivity contribution in [3.8, 4) is 0 Å². The number of hydrogen-bond acceptors (Lipinski definition) is 5. The van der Waals surface area contributed by atoms with E-state index in [1.807, 2.05) is 19.2 Å². The highest BCUT2D eigenvalue weighted by Gasteiger charge is 2.22. The third kappa shape index (κ3) is 3.68. The maximum atomic E-state index is 12.4. The third-order valence-corrected chi connectivity index (χ3v) is 5.66. The Labute approximate surface area is 147 Å². The lowest BCUT2D eigenvalue weighted by molar-refractivity contribution is 0.162. The zero-order valence-electron chi connectivity index (χ0n) is 14.9. The van der Waals surface area contributed by atoms with Gasteiger partial charge in [-0.2, -0.15) is 5.10 Å². The predicted octanol–water partition coefficient (Wildman–Crippen LogP) is 2.33. The fourth-order valence-corrected chi connectivity index (χ4v) is 4.02. The van der Waals surface area contributed by atoms with E-state index in [-0.39, 0.29) is 5.56 Å². The summed E-state index contributed by atoms with van der Waals surface area (Å²) in [4.78, 5) is 14.8. The van der Waals surface area contributed by atoms with Gasteiger partial charge in [0.2, 0.25) is 0 Å². The van der Waals surface area contributed by atoms with E-state index in [4.69, 9.17) is 4.52 Å². The number of rotatable bonds is 4. The summed E-state index contributed by atoms with van der Waals surface area (Å²) in [5.41, 5.74) is 3.56. The minimum Gasteiger partial charge on any atom is -0.361 e. The van der Waals surface area contributed by atoms with Gasteiger partial charge in [0, 0.05) is 24.7 Å². The number of nitrogens with zero attached hydrogens (tertiary/aromatic N) is 4. The molecule has 1 fully saturated rings. The van der Waals surface area contributed by atoms with E-state index in [9.17, 15) is 4.79 Å². The van der Waals surface area contributed by atoms with Crippen LogP contribution in [0.2, 0.25) is 0 Å². The van der Waals surface area contributed by atoms with Crippen LogP contribution in [0, 0.1) is 12.8 Å². The van der Waals surface area contributed by atoms with Crippen molar-refractivity contribution in [1.29, 1.82) is 0 Å². The molecule has 134 valence electrons. The molecule has 1 aliphatic carbocycles. The Hall–Kier alpha value is -1.95. The van der Waals surface area contributed by atoms with Crippen LogP contribution in [-0.4, -0.2) is 32.9 Å². The van der Waals surface area contributed by atoms with E-state index >= 15 is 0 Å². The number of likely N-dealkylation sites (tertiary alicyclic amines) is 1. The third-order valence-electron chi connectivity index (χ3n) is 5.66. The van der Waals surface area contributed by atoms with E-state index in [1.165, 1.54) is 24.0 Å². The van der Waals surface area contributed by atoms with Gasteiger partial charge in [-0.3, -0.25) is 9.69 Å². The number of aryl methyl sites for hydroxylation is 3. The standard InChI is InChI=1S/C19H26N4O2/c1-14-17(11-20-25-14)13-22-8-6-15(7-9-22)12-23-19(24)10-16-4-2-3-5-18(16)21-23/h10-11,15H,2-9,12-13H2,1H3. The molecule has 4 rings (SSSR count). The quantitative estimate of drug-likeness (QED) is 0.853. The topological polar surface area (TPSA) is 64.2 Å². The molecule has 1 saturated heterocycles. The Bertz CT molecular complexity index is 787. The van der Waals surface area contributed by atoms with Crippen LogP contribution in [0.4, 0.5) is 0 Å². The van der Waals surface area contributed by atoms with Crippen LogP contribution in [0.3, 0.4) is 0 Å². The van der Waals surface area contributed by atoms with Crippen LogP contribution >= 0.6 is 0 Å². The van der Waals surface area contributed by atoms with E-state index in [1.54, 1.807) is 4.68 Å². The Morgan fingerprint density at radius 3 is 2.80 bits per heavy atom. The minimum absolute atomic E-state index is 0.0724. The predicted molar refractivity (Wildman–Crippen MR) is 94.4 cm³/mol. The van der Waals surface area contributed by atoms with Crippen molar-refractivity contribution in [3.05, 3.63) is 45.2 Å². The van der Waals surface area contributed by atoms with Crippen LogP contribution in [-0.2, 0) is 25.9 Å². The van der Waals surface area contributed by atoms with Gasteiger partial charge >= 0.3 is 0 Å². The second kappa shape index (κ2) is 7.12. The molecule has 0 atom stereocenters. The van der Waals surface area contributed by atoms with Crippen molar-refractivity contribution in [1.82, 2.24) is 19.8 Å². The molecule has 6 heteroatoms. The van der Waals surface area contributed by atoms with Gasteiger partial charge in [0.05, 0.1) is 11.9 Å². The molecular formula is C19H26N4O2. The van der Waals surface area contributed by atoms with Crippen molar-refractivity contribution in [2.24, 2.45) is 5.92 Å². The summed E-state index contributed by atoms with van der Waals surface area (Å²) in [7, 11) is 0. The largest absolute Gasteiger partial charge is 0.361 e. The molecule has 0 aromatic carbocycles. The van der Waals surface area contributed by atoms with E-state index < -0.39 is 0 Å². The molecule has 2 aliphatic rings. The highest BCUT2D eigenvalue weighted by atomic mass is 16.5. The Balaban J connectivity index is 1.36. The lowest BCUT2D eigenvalue weighted by atomic mass is 9.95. The summed E-state index contributed by atoms with van der Waals surface area (Å²) in [5, 5.41) is 8.52. The van der Waals surface area contributed by atoms with Gasteiger partial charge in [-0.15, -0.1) is 0 Å². The van der Waals surface area contributed by atoms with E-state index in [0.29, 0.717) is 5.92 Å². The Kier molecular flexibility index (Phi) is 4.70. The van der Waals surface area contributed by atoms with Gasteiger partial charge in [-0.05, 0) is 70.0 Å².